The Labute approximate surface area is 161 Å². The minimum Gasteiger partial charge on any atom is -0.423 e. The number of hydrogen-bond donors (Lipinski definition) is 1. The Hall–Kier alpha value is -2.07. The molecule has 1 aliphatic heterocycles. The van der Waals surface area contributed by atoms with Gasteiger partial charge in [-0.15, -0.1) is 11.8 Å². The predicted octanol–water partition coefficient (Wildman–Crippen LogP) is 3.31. The largest absolute Gasteiger partial charge is 0.423 e. The Bertz CT molecular complexity index is 1060. The fraction of sp³-hybridized carbons (Fsp3) is 0.278. The molecule has 7 nitrogen and oxygen atoms in total. The van der Waals surface area contributed by atoms with Gasteiger partial charge in [-0.2, -0.15) is 9.29 Å². The molecule has 2 aromatic carbocycles. The molecule has 0 unspecified atom stereocenters. The van der Waals surface area contributed by atoms with Gasteiger partial charge in [-0.1, -0.05) is 12.1 Å². The van der Waals surface area contributed by atoms with E-state index in [0.717, 1.165) is 10.6 Å². The van der Waals surface area contributed by atoms with Crippen molar-refractivity contribution >= 4 is 44.6 Å². The van der Waals surface area contributed by atoms with Crippen LogP contribution in [0.4, 0.5) is 11.7 Å². The van der Waals surface area contributed by atoms with Gasteiger partial charge in [0.25, 0.3) is 6.01 Å². The van der Waals surface area contributed by atoms with Crippen molar-refractivity contribution in [2.24, 2.45) is 0 Å². The minimum atomic E-state index is -3.57. The van der Waals surface area contributed by atoms with Gasteiger partial charge in [0.15, 0.2) is 5.58 Å². The van der Waals surface area contributed by atoms with Gasteiger partial charge < -0.3 is 14.5 Å². The zero-order valence-corrected chi connectivity index (χ0v) is 16.3. The molecule has 0 amide bonds. The third-order valence-electron chi connectivity index (χ3n) is 4.32. The van der Waals surface area contributed by atoms with E-state index < -0.39 is 10.0 Å². The lowest BCUT2D eigenvalue weighted by Gasteiger charge is -2.25. The first-order chi connectivity index (χ1) is 13.1. The van der Waals surface area contributed by atoms with E-state index in [4.69, 9.17) is 9.15 Å². The van der Waals surface area contributed by atoms with Gasteiger partial charge in [0, 0.05) is 18.0 Å². The Morgan fingerprint density at radius 1 is 1.15 bits per heavy atom. The Kier molecular flexibility index (Phi) is 5.09. The second-order valence-corrected chi connectivity index (χ2v) is 8.78. The summed E-state index contributed by atoms with van der Waals surface area (Å²) in [6.45, 7) is 1.54. The zero-order valence-electron chi connectivity index (χ0n) is 14.7. The predicted molar refractivity (Wildman–Crippen MR) is 105 cm³/mol. The van der Waals surface area contributed by atoms with Crippen LogP contribution in [0.3, 0.4) is 0 Å². The smallest absolute Gasteiger partial charge is 0.300 e. The number of sulfonamides is 1. The van der Waals surface area contributed by atoms with Gasteiger partial charge in [0.05, 0.1) is 23.8 Å². The van der Waals surface area contributed by atoms with Crippen LogP contribution >= 0.6 is 11.8 Å². The molecule has 0 aliphatic carbocycles. The minimum absolute atomic E-state index is 0.210. The van der Waals surface area contributed by atoms with Crippen LogP contribution in [-0.4, -0.2) is 50.3 Å². The fourth-order valence-electron chi connectivity index (χ4n) is 2.92. The van der Waals surface area contributed by atoms with Crippen LogP contribution < -0.4 is 5.32 Å². The maximum Gasteiger partial charge on any atom is 0.300 e. The molecule has 1 fully saturated rings. The average Bonchev–Trinajstić information content (AvgIpc) is 3.10. The van der Waals surface area contributed by atoms with Gasteiger partial charge >= 0.3 is 0 Å². The number of ether oxygens (including phenoxy) is 1. The number of para-hydroxylation sites is 1. The molecule has 0 atom stereocenters. The third-order valence-corrected chi connectivity index (χ3v) is 7.01. The maximum absolute atomic E-state index is 12.8. The normalized spacial score (nSPS) is 15.9. The van der Waals surface area contributed by atoms with Crippen molar-refractivity contribution in [3.8, 4) is 0 Å². The zero-order chi connectivity index (χ0) is 18.9. The quantitative estimate of drug-likeness (QED) is 0.652. The maximum atomic E-state index is 12.8. The highest BCUT2D eigenvalue weighted by molar-refractivity contribution is 7.98. The topological polar surface area (TPSA) is 84.7 Å². The van der Waals surface area contributed by atoms with Crippen LogP contribution in [0.25, 0.3) is 11.1 Å². The molecule has 1 aliphatic rings. The first-order valence-electron chi connectivity index (χ1n) is 8.46. The summed E-state index contributed by atoms with van der Waals surface area (Å²) in [5, 5.41) is 3.16. The molecule has 0 radical (unpaired) electrons. The van der Waals surface area contributed by atoms with Crippen LogP contribution in [0.2, 0.25) is 0 Å². The third kappa shape index (κ3) is 3.68. The molecule has 0 spiro atoms. The summed E-state index contributed by atoms with van der Waals surface area (Å²) in [4.78, 5) is 5.68. The summed E-state index contributed by atoms with van der Waals surface area (Å²) < 4.78 is 38.0. The summed E-state index contributed by atoms with van der Waals surface area (Å²) in [7, 11) is -3.57. The summed E-state index contributed by atoms with van der Waals surface area (Å²) in [5.74, 6) is 0. The van der Waals surface area contributed by atoms with E-state index in [9.17, 15) is 8.42 Å². The number of fused-ring (bicyclic) bond motifs is 1. The SMILES string of the molecule is CSc1ccccc1Nc1nc2cc(S(=O)(=O)N3CCOCC3)ccc2o1. The van der Waals surface area contributed by atoms with E-state index in [-0.39, 0.29) is 4.90 Å². The fourth-order valence-corrected chi connectivity index (χ4v) is 4.90. The molecule has 4 rings (SSSR count). The average molecular weight is 406 g/mol. The van der Waals surface area contributed by atoms with E-state index in [1.54, 1.807) is 30.0 Å². The van der Waals surface area contributed by atoms with Crippen molar-refractivity contribution in [2.45, 2.75) is 9.79 Å². The lowest BCUT2D eigenvalue weighted by atomic mass is 10.3. The summed E-state index contributed by atoms with van der Waals surface area (Å²) in [5.41, 5.74) is 1.91. The highest BCUT2D eigenvalue weighted by Crippen LogP contribution is 2.30. The number of thioether (sulfide) groups is 1. The number of anilines is 2. The van der Waals surface area contributed by atoms with Crippen molar-refractivity contribution in [1.82, 2.24) is 9.29 Å². The van der Waals surface area contributed by atoms with Gasteiger partial charge in [-0.25, -0.2) is 8.42 Å². The molecule has 9 heteroatoms. The van der Waals surface area contributed by atoms with Crippen molar-refractivity contribution < 1.29 is 17.6 Å². The second-order valence-electron chi connectivity index (χ2n) is 5.99. The lowest BCUT2D eigenvalue weighted by molar-refractivity contribution is 0.0730. The Morgan fingerprint density at radius 3 is 2.70 bits per heavy atom. The molecule has 1 N–H and O–H groups in total. The van der Waals surface area contributed by atoms with Gasteiger partial charge in [0.1, 0.15) is 5.52 Å². The van der Waals surface area contributed by atoms with Gasteiger partial charge in [-0.05, 0) is 36.6 Å². The number of benzene rings is 2. The summed E-state index contributed by atoms with van der Waals surface area (Å²) in [6.07, 6.45) is 2.00. The molecule has 3 aromatic rings. The van der Waals surface area contributed by atoms with Crippen molar-refractivity contribution in [1.29, 1.82) is 0 Å². The van der Waals surface area contributed by atoms with E-state index in [1.807, 2.05) is 30.5 Å². The number of hydrogen-bond acceptors (Lipinski definition) is 7. The van der Waals surface area contributed by atoms with Crippen LogP contribution in [0, 0.1) is 0 Å². The van der Waals surface area contributed by atoms with Crippen LogP contribution in [0.1, 0.15) is 0 Å². The van der Waals surface area contributed by atoms with E-state index in [2.05, 4.69) is 10.3 Å². The Balaban J connectivity index is 1.64. The number of nitrogens with one attached hydrogen (secondary N) is 1. The standard InChI is InChI=1S/C18H19N3O4S2/c1-26-17-5-3-2-4-14(17)19-18-20-15-12-13(6-7-16(15)25-18)27(22,23)21-8-10-24-11-9-21/h2-7,12H,8-11H2,1H3,(H,19,20). The molecule has 2 heterocycles. The van der Waals surface area contributed by atoms with Gasteiger partial charge in [-0.3, -0.25) is 0 Å². The van der Waals surface area contributed by atoms with E-state index in [1.165, 1.54) is 4.31 Å². The number of oxazole rings is 1. The van der Waals surface area contributed by atoms with E-state index >= 15 is 0 Å². The number of rotatable bonds is 5. The first-order valence-corrected chi connectivity index (χ1v) is 11.1. The van der Waals surface area contributed by atoms with Crippen LogP contribution in [0.15, 0.2) is 56.7 Å². The highest BCUT2D eigenvalue weighted by atomic mass is 32.2. The van der Waals surface area contributed by atoms with Crippen LogP contribution in [-0.2, 0) is 14.8 Å². The lowest BCUT2D eigenvalue weighted by Crippen LogP contribution is -2.40. The monoisotopic (exact) mass is 405 g/mol. The molecule has 142 valence electrons. The highest BCUT2D eigenvalue weighted by Gasteiger charge is 2.27. The molecule has 0 bridgehead atoms. The molecular weight excluding hydrogens is 386 g/mol. The summed E-state index contributed by atoms with van der Waals surface area (Å²) >= 11 is 1.62. The number of morpholine rings is 1. The van der Waals surface area contributed by atoms with Gasteiger partial charge in [0.2, 0.25) is 10.0 Å². The van der Waals surface area contributed by atoms with E-state index in [0.29, 0.717) is 43.4 Å². The Morgan fingerprint density at radius 2 is 1.93 bits per heavy atom. The first kappa shape index (κ1) is 18.3. The number of nitrogens with zero attached hydrogens (tertiary/aromatic N) is 2. The second kappa shape index (κ2) is 7.51. The number of aromatic nitrogens is 1. The molecule has 1 saturated heterocycles. The molecular formula is C18H19N3O4S2. The van der Waals surface area contributed by atoms with Crippen molar-refractivity contribution in [3.05, 3.63) is 42.5 Å². The van der Waals surface area contributed by atoms with Crippen molar-refractivity contribution in [2.75, 3.05) is 37.9 Å². The van der Waals surface area contributed by atoms with Crippen LogP contribution in [0.5, 0.6) is 0 Å². The molecule has 1 aromatic heterocycles. The molecule has 0 saturated carbocycles. The summed E-state index contributed by atoms with van der Waals surface area (Å²) in [6, 6.07) is 12.9. The molecule has 27 heavy (non-hydrogen) atoms. The van der Waals surface area contributed by atoms with Crippen molar-refractivity contribution in [3.63, 3.8) is 0 Å².